The quantitative estimate of drug-likeness (QED) is 0.936. The van der Waals surface area contributed by atoms with Crippen LogP contribution in [0.2, 0.25) is 5.02 Å². The molecular weight excluding hydrogens is 264 g/mol. The molecule has 0 saturated heterocycles. The minimum Gasteiger partial charge on any atom is -0.361 e. The maximum Gasteiger partial charge on any atom is 0.257 e. The molecule has 0 aliphatic carbocycles. The first-order valence-electron chi connectivity index (χ1n) is 5.98. The molecule has 0 aliphatic heterocycles. The predicted octanol–water partition coefficient (Wildman–Crippen LogP) is 3.44. The average molecular weight is 279 g/mol. The molecule has 100 valence electrons. The van der Waals surface area contributed by atoms with Crippen molar-refractivity contribution < 1.29 is 9.32 Å². The lowest BCUT2D eigenvalue weighted by Gasteiger charge is -2.14. The molecule has 0 spiro atoms. The van der Waals surface area contributed by atoms with Gasteiger partial charge in [0.05, 0.1) is 11.7 Å². The number of aromatic nitrogens is 1. The average Bonchev–Trinajstić information content (AvgIpc) is 2.69. The van der Waals surface area contributed by atoms with Crippen LogP contribution in [0.5, 0.6) is 0 Å². The van der Waals surface area contributed by atoms with Crippen molar-refractivity contribution in [2.24, 2.45) is 0 Å². The molecule has 1 aromatic carbocycles. The van der Waals surface area contributed by atoms with Crippen molar-refractivity contribution in [2.45, 2.75) is 26.8 Å². The first-order valence-corrected chi connectivity index (χ1v) is 6.36. The summed E-state index contributed by atoms with van der Waals surface area (Å²) in [6.45, 7) is 5.39. The van der Waals surface area contributed by atoms with E-state index in [4.69, 9.17) is 16.1 Å². The Hall–Kier alpha value is -1.81. The third kappa shape index (κ3) is 2.96. The lowest BCUT2D eigenvalue weighted by molar-refractivity contribution is 0.0938. The van der Waals surface area contributed by atoms with Crippen molar-refractivity contribution in [1.82, 2.24) is 10.5 Å². The maximum absolute atomic E-state index is 12.2. The summed E-state index contributed by atoms with van der Waals surface area (Å²) in [7, 11) is 0. The summed E-state index contributed by atoms with van der Waals surface area (Å²) in [4.78, 5) is 12.2. The Morgan fingerprint density at radius 2 is 1.95 bits per heavy atom. The second kappa shape index (κ2) is 5.45. The highest BCUT2D eigenvalue weighted by Gasteiger charge is 2.19. The van der Waals surface area contributed by atoms with E-state index < -0.39 is 0 Å². The van der Waals surface area contributed by atoms with Crippen LogP contribution in [-0.4, -0.2) is 11.1 Å². The second-order valence-corrected chi connectivity index (χ2v) is 4.88. The molecule has 19 heavy (non-hydrogen) atoms. The number of nitrogens with zero attached hydrogens (tertiary/aromatic N) is 1. The number of benzene rings is 1. The van der Waals surface area contributed by atoms with Crippen LogP contribution in [-0.2, 0) is 0 Å². The van der Waals surface area contributed by atoms with Gasteiger partial charge >= 0.3 is 0 Å². The molecule has 0 fully saturated rings. The number of nitrogens with one attached hydrogen (secondary N) is 1. The van der Waals surface area contributed by atoms with Crippen LogP contribution >= 0.6 is 11.6 Å². The van der Waals surface area contributed by atoms with Crippen LogP contribution in [0.25, 0.3) is 0 Å². The Morgan fingerprint density at radius 3 is 2.47 bits per heavy atom. The minimum absolute atomic E-state index is 0.113. The highest BCUT2D eigenvalue weighted by atomic mass is 35.5. The first-order chi connectivity index (χ1) is 8.99. The van der Waals surface area contributed by atoms with Crippen LogP contribution in [0, 0.1) is 13.8 Å². The second-order valence-electron chi connectivity index (χ2n) is 4.45. The third-order valence-corrected chi connectivity index (χ3v) is 3.23. The Morgan fingerprint density at radius 1 is 1.32 bits per heavy atom. The zero-order valence-electron chi connectivity index (χ0n) is 11.0. The van der Waals surface area contributed by atoms with Crippen molar-refractivity contribution in [3.05, 3.63) is 51.9 Å². The van der Waals surface area contributed by atoms with E-state index in [2.05, 4.69) is 10.5 Å². The van der Waals surface area contributed by atoms with Crippen LogP contribution in [0.15, 0.2) is 28.8 Å². The van der Waals surface area contributed by atoms with E-state index in [0.29, 0.717) is 22.0 Å². The molecule has 4 nitrogen and oxygen atoms in total. The van der Waals surface area contributed by atoms with Gasteiger partial charge in [0.2, 0.25) is 0 Å². The molecule has 0 radical (unpaired) electrons. The number of halogens is 1. The van der Waals surface area contributed by atoms with Gasteiger partial charge < -0.3 is 9.84 Å². The summed E-state index contributed by atoms with van der Waals surface area (Å²) in [5.74, 6) is 0.344. The number of amides is 1. The van der Waals surface area contributed by atoms with E-state index in [9.17, 15) is 4.79 Å². The van der Waals surface area contributed by atoms with Crippen LogP contribution in [0.4, 0.5) is 0 Å². The molecule has 1 N–H and O–H groups in total. The van der Waals surface area contributed by atoms with Gasteiger partial charge in [0.15, 0.2) is 0 Å². The Bertz CT molecular complexity index is 570. The topological polar surface area (TPSA) is 55.1 Å². The van der Waals surface area contributed by atoms with E-state index in [1.807, 2.05) is 19.1 Å². The maximum atomic E-state index is 12.2. The fourth-order valence-electron chi connectivity index (χ4n) is 1.91. The zero-order valence-corrected chi connectivity index (χ0v) is 11.8. The third-order valence-electron chi connectivity index (χ3n) is 2.98. The van der Waals surface area contributed by atoms with Gasteiger partial charge in [-0.15, -0.1) is 0 Å². The molecule has 2 rings (SSSR count). The normalized spacial score (nSPS) is 12.2. The first kappa shape index (κ1) is 13.6. The molecule has 1 atom stereocenters. The number of aryl methyl sites for hydroxylation is 2. The molecule has 0 unspecified atom stereocenters. The lowest BCUT2D eigenvalue weighted by atomic mass is 10.1. The van der Waals surface area contributed by atoms with E-state index >= 15 is 0 Å². The summed E-state index contributed by atoms with van der Waals surface area (Å²) in [5.41, 5.74) is 2.09. The van der Waals surface area contributed by atoms with Gasteiger partial charge in [-0.2, -0.15) is 0 Å². The van der Waals surface area contributed by atoms with Crippen LogP contribution < -0.4 is 5.32 Å². The van der Waals surface area contributed by atoms with Gasteiger partial charge in [0, 0.05) is 5.02 Å². The number of carbonyl (C=O) groups is 1. The van der Waals surface area contributed by atoms with Gasteiger partial charge in [0.1, 0.15) is 11.3 Å². The molecule has 1 aromatic heterocycles. The van der Waals surface area contributed by atoms with Crippen molar-refractivity contribution in [3.63, 3.8) is 0 Å². The molecule has 1 heterocycles. The standard InChI is InChI=1S/C14H15ClN2O2/c1-8(11-4-6-12(15)7-5-11)16-14(18)13-9(2)17-19-10(13)3/h4-8H,1-3H3,(H,16,18)/t8-/m1/s1. The largest absolute Gasteiger partial charge is 0.361 e. The molecular formula is C14H15ClN2O2. The molecule has 0 bridgehead atoms. The number of carbonyl (C=O) groups excluding carboxylic acids is 1. The number of hydrogen-bond donors (Lipinski definition) is 1. The van der Waals surface area contributed by atoms with Gasteiger partial charge in [-0.1, -0.05) is 28.9 Å². The van der Waals surface area contributed by atoms with Crippen LogP contribution in [0.1, 0.15) is 40.3 Å². The Balaban J connectivity index is 2.13. The lowest BCUT2D eigenvalue weighted by Crippen LogP contribution is -2.27. The fourth-order valence-corrected chi connectivity index (χ4v) is 2.04. The highest BCUT2D eigenvalue weighted by molar-refractivity contribution is 6.30. The number of hydrogen-bond acceptors (Lipinski definition) is 3. The SMILES string of the molecule is Cc1noc(C)c1C(=O)N[C@H](C)c1ccc(Cl)cc1. The summed E-state index contributed by atoms with van der Waals surface area (Å²) in [6.07, 6.45) is 0. The van der Waals surface area contributed by atoms with Crippen molar-refractivity contribution >= 4 is 17.5 Å². The summed E-state index contributed by atoms with van der Waals surface area (Å²) in [6, 6.07) is 7.27. The Kier molecular flexibility index (Phi) is 3.90. The van der Waals surface area contributed by atoms with E-state index in [1.54, 1.807) is 26.0 Å². The monoisotopic (exact) mass is 278 g/mol. The van der Waals surface area contributed by atoms with Gasteiger partial charge in [-0.25, -0.2) is 0 Å². The Labute approximate surface area is 116 Å². The number of rotatable bonds is 3. The molecule has 0 aliphatic rings. The summed E-state index contributed by atoms with van der Waals surface area (Å²) in [5, 5.41) is 7.37. The van der Waals surface area contributed by atoms with Gasteiger partial charge in [-0.3, -0.25) is 4.79 Å². The zero-order chi connectivity index (χ0) is 14.0. The molecule has 5 heteroatoms. The van der Waals surface area contributed by atoms with Crippen molar-refractivity contribution in [2.75, 3.05) is 0 Å². The van der Waals surface area contributed by atoms with Crippen LogP contribution in [0.3, 0.4) is 0 Å². The molecule has 2 aromatic rings. The summed E-state index contributed by atoms with van der Waals surface area (Å²) < 4.78 is 4.99. The van der Waals surface area contributed by atoms with Crippen molar-refractivity contribution in [3.8, 4) is 0 Å². The van der Waals surface area contributed by atoms with Gasteiger partial charge in [0.25, 0.3) is 5.91 Å². The van der Waals surface area contributed by atoms with Gasteiger partial charge in [-0.05, 0) is 38.5 Å². The van der Waals surface area contributed by atoms with E-state index in [0.717, 1.165) is 5.56 Å². The van der Waals surface area contributed by atoms with E-state index in [-0.39, 0.29) is 11.9 Å². The predicted molar refractivity (Wildman–Crippen MR) is 73.3 cm³/mol. The van der Waals surface area contributed by atoms with Crippen molar-refractivity contribution in [1.29, 1.82) is 0 Å². The molecule has 0 saturated carbocycles. The molecule has 1 amide bonds. The fraction of sp³-hybridized carbons (Fsp3) is 0.286. The smallest absolute Gasteiger partial charge is 0.257 e. The summed E-state index contributed by atoms with van der Waals surface area (Å²) >= 11 is 5.84. The minimum atomic E-state index is -0.182. The van der Waals surface area contributed by atoms with E-state index in [1.165, 1.54) is 0 Å². The highest BCUT2D eigenvalue weighted by Crippen LogP contribution is 2.18.